The number of carbonyl (C=O) groups is 1. The number of carbonyl (C=O) groups excluding carboxylic acids is 1. The number of hydrogen-bond donors (Lipinski definition) is 0. The van der Waals surface area contributed by atoms with E-state index in [1.54, 1.807) is 18.3 Å². The lowest BCUT2D eigenvalue weighted by Crippen LogP contribution is -2.40. The summed E-state index contributed by atoms with van der Waals surface area (Å²) in [6.45, 7) is 5.56. The molecule has 2 aliphatic rings. The highest BCUT2D eigenvalue weighted by Gasteiger charge is 2.58. The van der Waals surface area contributed by atoms with Gasteiger partial charge in [0.25, 0.3) is 0 Å². The molecule has 3 heterocycles. The van der Waals surface area contributed by atoms with Crippen LogP contribution in [0.1, 0.15) is 37.4 Å². The Hall–Kier alpha value is -1.73. The maximum absolute atomic E-state index is 12.2. The van der Waals surface area contributed by atoms with Crippen molar-refractivity contribution >= 4 is 17.2 Å². The Labute approximate surface area is 152 Å². The van der Waals surface area contributed by atoms with E-state index < -0.39 is 0 Å². The second kappa shape index (κ2) is 6.53. The van der Waals surface area contributed by atoms with Gasteiger partial charge in [-0.3, -0.25) is 14.4 Å². The number of aryl methyl sites for hydroxylation is 1. The van der Waals surface area contributed by atoms with Gasteiger partial charge in [0.1, 0.15) is 0 Å². The van der Waals surface area contributed by atoms with Crippen molar-refractivity contribution in [1.29, 1.82) is 0 Å². The van der Waals surface area contributed by atoms with E-state index in [1.807, 2.05) is 17.9 Å². The smallest absolute Gasteiger partial charge is 0.220 e. The van der Waals surface area contributed by atoms with Crippen molar-refractivity contribution in [2.45, 2.75) is 45.3 Å². The first-order valence-corrected chi connectivity index (χ1v) is 9.86. The molecule has 1 unspecified atom stereocenters. The van der Waals surface area contributed by atoms with Gasteiger partial charge in [0.15, 0.2) is 0 Å². The van der Waals surface area contributed by atoms with Crippen LogP contribution in [0.15, 0.2) is 23.0 Å². The zero-order valence-corrected chi connectivity index (χ0v) is 15.7. The van der Waals surface area contributed by atoms with E-state index >= 15 is 0 Å². The highest BCUT2D eigenvalue weighted by molar-refractivity contribution is 7.07. The normalized spacial score (nSPS) is 22.2. The van der Waals surface area contributed by atoms with Gasteiger partial charge in [-0.1, -0.05) is 5.21 Å². The minimum Gasteiger partial charge on any atom is -0.335 e. The predicted octanol–water partition coefficient (Wildman–Crippen LogP) is 2.28. The Morgan fingerprint density at radius 3 is 2.84 bits per heavy atom. The fraction of sp³-hybridized carbons (Fsp3) is 0.611. The minimum atomic E-state index is 0.205. The number of amides is 1. The summed E-state index contributed by atoms with van der Waals surface area (Å²) in [6.07, 6.45) is 5.37. The van der Waals surface area contributed by atoms with E-state index in [-0.39, 0.29) is 5.91 Å². The van der Waals surface area contributed by atoms with Crippen LogP contribution in [0.25, 0.3) is 0 Å². The van der Waals surface area contributed by atoms with Crippen molar-refractivity contribution < 1.29 is 4.79 Å². The Morgan fingerprint density at radius 1 is 1.44 bits per heavy atom. The zero-order valence-electron chi connectivity index (χ0n) is 14.9. The third-order valence-corrected chi connectivity index (χ3v) is 6.64. The third kappa shape index (κ3) is 3.35. The Morgan fingerprint density at radius 2 is 2.24 bits per heavy atom. The molecule has 2 fully saturated rings. The van der Waals surface area contributed by atoms with Gasteiger partial charge in [-0.2, -0.15) is 11.3 Å². The number of aromatic nitrogens is 3. The minimum absolute atomic E-state index is 0.205. The lowest BCUT2D eigenvalue weighted by molar-refractivity contribution is -0.130. The zero-order chi connectivity index (χ0) is 17.4. The molecular formula is C18H25N5OS. The van der Waals surface area contributed by atoms with Gasteiger partial charge >= 0.3 is 0 Å². The highest BCUT2D eigenvalue weighted by atomic mass is 32.1. The fourth-order valence-electron chi connectivity index (χ4n) is 4.16. The molecule has 134 valence electrons. The molecular weight excluding hydrogens is 334 g/mol. The van der Waals surface area contributed by atoms with E-state index in [0.717, 1.165) is 38.3 Å². The van der Waals surface area contributed by atoms with Gasteiger partial charge in [0, 0.05) is 33.1 Å². The highest BCUT2D eigenvalue weighted by Crippen LogP contribution is 2.57. The van der Waals surface area contributed by atoms with Crippen molar-refractivity contribution in [3.05, 3.63) is 34.3 Å². The fourth-order valence-corrected chi connectivity index (χ4v) is 4.82. The molecule has 1 amide bonds. The number of thiophene rings is 1. The molecule has 2 aromatic rings. The lowest BCUT2D eigenvalue weighted by Gasteiger charge is -2.34. The average Bonchev–Trinajstić information content (AvgIpc) is 2.94. The van der Waals surface area contributed by atoms with Crippen molar-refractivity contribution in [1.82, 2.24) is 24.8 Å². The summed E-state index contributed by atoms with van der Waals surface area (Å²) in [5.41, 5.74) is 2.76. The number of likely N-dealkylation sites (tertiary alicyclic amines) is 1. The van der Waals surface area contributed by atoms with Crippen LogP contribution in [0.5, 0.6) is 0 Å². The number of hydrogen-bond acceptors (Lipinski definition) is 5. The Bertz CT molecular complexity index is 732. The van der Waals surface area contributed by atoms with E-state index in [4.69, 9.17) is 0 Å². The van der Waals surface area contributed by atoms with Crippen molar-refractivity contribution in [2.75, 3.05) is 13.1 Å². The largest absolute Gasteiger partial charge is 0.335 e. The molecule has 7 heteroatoms. The van der Waals surface area contributed by atoms with Gasteiger partial charge in [-0.05, 0) is 60.2 Å². The summed E-state index contributed by atoms with van der Waals surface area (Å²) < 4.78 is 1.85. The molecule has 1 aliphatic heterocycles. The van der Waals surface area contributed by atoms with E-state index in [1.165, 1.54) is 18.4 Å². The van der Waals surface area contributed by atoms with Crippen LogP contribution in [-0.2, 0) is 24.9 Å². The summed E-state index contributed by atoms with van der Waals surface area (Å²) in [7, 11) is 1.94. The maximum Gasteiger partial charge on any atom is 0.220 e. The van der Waals surface area contributed by atoms with Gasteiger partial charge in [-0.25, -0.2) is 0 Å². The predicted molar refractivity (Wildman–Crippen MR) is 96.9 cm³/mol. The summed E-state index contributed by atoms with van der Waals surface area (Å²) in [5, 5.41) is 12.2. The summed E-state index contributed by atoms with van der Waals surface area (Å²) in [5.74, 6) is 0.205. The first kappa shape index (κ1) is 16.7. The topological polar surface area (TPSA) is 54.3 Å². The van der Waals surface area contributed by atoms with Crippen molar-refractivity contribution in [2.24, 2.45) is 12.5 Å². The second-order valence-electron chi connectivity index (χ2n) is 7.49. The SMILES string of the molecule is CC(=O)N(Cc1ccsc1)C1CC12CCN(Cc1cnnn1C)CC2. The van der Waals surface area contributed by atoms with Crippen molar-refractivity contribution in [3.8, 4) is 0 Å². The molecule has 2 aromatic heterocycles. The molecule has 1 atom stereocenters. The van der Waals surface area contributed by atoms with Crippen LogP contribution in [-0.4, -0.2) is 49.8 Å². The molecule has 0 aromatic carbocycles. The summed E-state index contributed by atoms with van der Waals surface area (Å²) in [4.78, 5) is 16.8. The molecule has 0 radical (unpaired) electrons. The number of nitrogens with zero attached hydrogens (tertiary/aromatic N) is 5. The first-order valence-electron chi connectivity index (χ1n) is 8.92. The van der Waals surface area contributed by atoms with Gasteiger partial charge in [0.05, 0.1) is 11.9 Å². The standard InChI is InChI=1S/C18H25N5OS/c1-14(24)23(11-15-3-8-25-13-15)17-9-18(17)4-6-22(7-5-18)12-16-10-19-20-21(16)2/h3,8,10,13,17H,4-7,9,11-12H2,1-2H3. The lowest BCUT2D eigenvalue weighted by atomic mass is 9.92. The molecule has 1 aliphatic carbocycles. The van der Waals surface area contributed by atoms with Crippen LogP contribution < -0.4 is 0 Å². The van der Waals surface area contributed by atoms with Gasteiger partial charge in [-0.15, -0.1) is 5.10 Å². The third-order valence-electron chi connectivity index (χ3n) is 5.91. The van der Waals surface area contributed by atoms with E-state index in [9.17, 15) is 4.79 Å². The second-order valence-corrected chi connectivity index (χ2v) is 8.27. The quantitative estimate of drug-likeness (QED) is 0.822. The van der Waals surface area contributed by atoms with Crippen molar-refractivity contribution in [3.63, 3.8) is 0 Å². The molecule has 0 N–H and O–H groups in total. The monoisotopic (exact) mass is 359 g/mol. The first-order chi connectivity index (χ1) is 12.1. The van der Waals surface area contributed by atoms with E-state index in [2.05, 4.69) is 36.9 Å². The maximum atomic E-state index is 12.2. The van der Waals surface area contributed by atoms with E-state index in [0.29, 0.717) is 11.5 Å². The Balaban J connectivity index is 1.35. The van der Waals surface area contributed by atoms with Gasteiger partial charge in [0.2, 0.25) is 5.91 Å². The molecule has 0 bridgehead atoms. The van der Waals surface area contributed by atoms with Crippen LogP contribution in [0.3, 0.4) is 0 Å². The Kier molecular flexibility index (Phi) is 4.37. The number of piperidine rings is 1. The molecule has 1 saturated heterocycles. The molecule has 1 spiro atoms. The summed E-state index contributed by atoms with van der Waals surface area (Å²) in [6, 6.07) is 2.55. The van der Waals surface area contributed by atoms with Crippen LogP contribution in [0.2, 0.25) is 0 Å². The molecule has 4 rings (SSSR count). The van der Waals surface area contributed by atoms with Crippen LogP contribution in [0, 0.1) is 5.41 Å². The average molecular weight is 359 g/mol. The van der Waals surface area contributed by atoms with Gasteiger partial charge < -0.3 is 4.90 Å². The molecule has 1 saturated carbocycles. The molecule has 25 heavy (non-hydrogen) atoms. The molecule has 6 nitrogen and oxygen atoms in total. The summed E-state index contributed by atoms with van der Waals surface area (Å²) >= 11 is 1.70. The van der Waals surface area contributed by atoms with Crippen LogP contribution >= 0.6 is 11.3 Å². The number of rotatable bonds is 5. The van der Waals surface area contributed by atoms with Crippen LogP contribution in [0.4, 0.5) is 0 Å².